The summed E-state index contributed by atoms with van der Waals surface area (Å²) in [6.07, 6.45) is -33.6. The van der Waals surface area contributed by atoms with Crippen molar-refractivity contribution in [1.82, 2.24) is 5.32 Å². The summed E-state index contributed by atoms with van der Waals surface area (Å²) in [6, 6.07) is 17.2. The lowest BCUT2D eigenvalue weighted by molar-refractivity contribution is -0.370. The van der Waals surface area contributed by atoms with Crippen molar-refractivity contribution in [3.05, 3.63) is 82.2 Å². The van der Waals surface area contributed by atoms with Gasteiger partial charge in [0.2, 0.25) is 5.91 Å². The highest BCUT2D eigenvalue weighted by Gasteiger charge is 2.60. The van der Waals surface area contributed by atoms with Crippen LogP contribution in [0.4, 0.5) is 0 Å². The van der Waals surface area contributed by atoms with Crippen LogP contribution in [0.5, 0.6) is 0 Å². The number of fused-ring (bicyclic) bond motifs is 2. The molecule has 31 nitrogen and oxygen atoms in total. The molecule has 31 heteroatoms. The van der Waals surface area contributed by atoms with Crippen molar-refractivity contribution < 1.29 is 132 Å². The number of amides is 1. The molecule has 0 radical (unpaired) electrons. The number of ether oxygens (including phenoxy) is 15. The summed E-state index contributed by atoms with van der Waals surface area (Å²) in [5.41, 5.74) is 10.2. The molecule has 8 fully saturated rings. The number of nitrogens with one attached hydrogen (secondary N) is 1. The third-order valence-corrected chi connectivity index (χ3v) is 18.7. The topological polar surface area (TPSA) is 439 Å². The maximum atomic E-state index is 13.1. The van der Waals surface area contributed by atoms with Crippen molar-refractivity contribution in [3.8, 4) is 0 Å². The molecule has 1 amide bonds. The van der Waals surface area contributed by atoms with Crippen LogP contribution in [-0.4, -0.2) is 275 Å². The third kappa shape index (κ3) is 15.8. The second-order valence-electron chi connectivity index (χ2n) is 24.9. The van der Waals surface area contributed by atoms with E-state index in [9.17, 15) is 61.0 Å². The van der Waals surface area contributed by atoms with Gasteiger partial charge in [0.25, 0.3) is 0 Å². The minimum absolute atomic E-state index is 0.0512. The second kappa shape index (κ2) is 32.5. The summed E-state index contributed by atoms with van der Waals surface area (Å²) < 4.78 is 95.5. The van der Waals surface area contributed by atoms with Crippen LogP contribution >= 0.6 is 0 Å². The lowest BCUT2D eigenvalue weighted by Crippen LogP contribution is -2.66. The van der Waals surface area contributed by atoms with Gasteiger partial charge < -0.3 is 133 Å². The first-order valence-corrected chi connectivity index (χ1v) is 31.7. The van der Waals surface area contributed by atoms with Crippen molar-refractivity contribution in [2.75, 3.05) is 52.8 Å². The zero-order chi connectivity index (χ0) is 65.5. The van der Waals surface area contributed by atoms with E-state index in [0.717, 1.165) is 17.5 Å². The van der Waals surface area contributed by atoms with Crippen molar-refractivity contribution in [3.63, 3.8) is 0 Å². The maximum absolute atomic E-state index is 13.1. The molecule has 8 heterocycles. The van der Waals surface area contributed by atoms with Gasteiger partial charge in [0.1, 0.15) is 91.5 Å². The highest BCUT2D eigenvalue weighted by molar-refractivity contribution is 5.73. The SMILES string of the molecule is CC(=O)NC1C(O[C@H](CO)C2OC(OC3C(C)C(CO)OC(OC4C(O)C(OC5C(C)C(OCCCCCN=[N+]=[N-])OC6COC(c7ccccc7)OC65)OC4[C@H](O)CO)C3C)C(O)C2O)OC2COC(c3ccccc3)CC2C1OC1OC([C@H](O)CO)C(O)C1O. The lowest BCUT2D eigenvalue weighted by atomic mass is 9.80. The van der Waals surface area contributed by atoms with E-state index in [1.54, 1.807) is 13.8 Å². The molecule has 0 spiro atoms. The molecule has 8 aliphatic rings. The predicted octanol–water partition coefficient (Wildman–Crippen LogP) is -1.44. The van der Waals surface area contributed by atoms with E-state index in [-0.39, 0.29) is 19.6 Å². The van der Waals surface area contributed by atoms with Crippen molar-refractivity contribution >= 4 is 5.91 Å². The van der Waals surface area contributed by atoms with Crippen LogP contribution in [0, 0.1) is 23.7 Å². The van der Waals surface area contributed by atoms with E-state index in [2.05, 4.69) is 15.3 Å². The molecule has 2 aromatic rings. The molecule has 10 rings (SSSR count). The summed E-state index contributed by atoms with van der Waals surface area (Å²) in [5, 5.41) is 128. The molecule has 32 atom stereocenters. The smallest absolute Gasteiger partial charge is 0.217 e. The Bertz CT molecular complexity index is 2650. The van der Waals surface area contributed by atoms with Crippen LogP contribution in [0.3, 0.4) is 0 Å². The Morgan fingerprint density at radius 1 is 0.609 bits per heavy atom. The highest BCUT2D eigenvalue weighted by atomic mass is 16.8. The molecular formula is C61H90N4O27. The van der Waals surface area contributed by atoms with Crippen LogP contribution in [0.2, 0.25) is 0 Å². The maximum Gasteiger partial charge on any atom is 0.217 e. The zero-order valence-electron chi connectivity index (χ0n) is 51.5. The van der Waals surface area contributed by atoms with Gasteiger partial charge in [-0.1, -0.05) is 93.0 Å². The van der Waals surface area contributed by atoms with Gasteiger partial charge in [0.15, 0.2) is 44.0 Å². The Morgan fingerprint density at radius 2 is 1.20 bits per heavy atom. The standard InChI is InChI=1S/C61H90N4O27/c1-27-37(23-68)81-56(92-54-46(77)61(89-51(54)35(72)22-67)86-48-29(3)55(78-19-13-7-12-18-63-65-62)84-40-26-80-57(91-53(40)48)32-16-10-6-11-17-32)28(2)47(27)85-59-45(76)43(74)52(90-59)38(24-69)82-58-41(64-30(4)70)49(87-60-44(75)42(73)50(88-60)34(71)21-66)33-20-36(79-25-39(33)83-58)31-14-8-5-9-15-31/h5-6,8-11,14-17,27-29,33-61,66-69,71-77H,7,12-13,18-26H2,1-4H3,(H,64,70)/t27?,28?,29?,33?,34-,35-,36?,37?,38-,39?,40?,41?,42?,43?,44?,45?,46?,47?,48?,49?,50?,51?,52?,53?,54?,55?,56?,57?,58?,59?,60?,61?/m1/s1. The van der Waals surface area contributed by atoms with Gasteiger partial charge in [-0.3, -0.25) is 4.79 Å². The highest BCUT2D eigenvalue weighted by Crippen LogP contribution is 2.46. The number of aliphatic hydroxyl groups is 11. The minimum Gasteiger partial charge on any atom is -0.394 e. The largest absolute Gasteiger partial charge is 0.394 e. The molecule has 0 aliphatic carbocycles. The number of benzene rings is 2. The van der Waals surface area contributed by atoms with E-state index in [1.165, 1.54) is 6.92 Å². The van der Waals surface area contributed by atoms with Crippen LogP contribution in [0.1, 0.15) is 76.9 Å². The van der Waals surface area contributed by atoms with E-state index in [4.69, 9.17) is 76.6 Å². The lowest BCUT2D eigenvalue weighted by Gasteiger charge is -2.50. The van der Waals surface area contributed by atoms with Gasteiger partial charge in [0.05, 0.1) is 76.3 Å². The normalized spacial score (nSPS) is 43.1. The quantitative estimate of drug-likeness (QED) is 0.0211. The van der Waals surface area contributed by atoms with Crippen molar-refractivity contribution in [1.29, 1.82) is 0 Å². The number of nitrogens with zero attached hydrogens (tertiary/aromatic N) is 3. The number of hydrogen-bond acceptors (Lipinski definition) is 28. The van der Waals surface area contributed by atoms with Gasteiger partial charge in [-0.05, 0) is 30.4 Å². The number of rotatable bonds is 27. The molecule has 8 saturated heterocycles. The van der Waals surface area contributed by atoms with Crippen LogP contribution in [-0.2, 0) is 75.8 Å². The molecular weight excluding hydrogens is 1220 g/mol. The Hall–Kier alpha value is -3.82. The Kier molecular flexibility index (Phi) is 25.1. The van der Waals surface area contributed by atoms with Crippen LogP contribution < -0.4 is 5.32 Å². The number of unbranched alkanes of at least 4 members (excludes halogenated alkanes) is 2. The van der Waals surface area contributed by atoms with Crippen molar-refractivity contribution in [2.24, 2.45) is 28.8 Å². The van der Waals surface area contributed by atoms with Gasteiger partial charge in [-0.15, -0.1) is 0 Å². The summed E-state index contributed by atoms with van der Waals surface area (Å²) in [4.78, 5) is 15.9. The fourth-order valence-electron chi connectivity index (χ4n) is 13.7. The molecule has 92 heavy (non-hydrogen) atoms. The molecule has 2 aromatic carbocycles. The Labute approximate surface area is 531 Å². The number of carbonyl (C=O) groups excluding carboxylic acids is 1. The minimum atomic E-state index is -1.82. The van der Waals surface area contributed by atoms with Gasteiger partial charge in [-0.25, -0.2) is 0 Å². The molecule has 0 aromatic heterocycles. The Balaban J connectivity index is 0.838. The first-order valence-electron chi connectivity index (χ1n) is 31.7. The summed E-state index contributed by atoms with van der Waals surface area (Å²) in [6.45, 7) is 3.99. The predicted molar refractivity (Wildman–Crippen MR) is 309 cm³/mol. The number of azide groups is 1. The average molecular weight is 1310 g/mol. The van der Waals surface area contributed by atoms with E-state index < -0.39 is 228 Å². The van der Waals surface area contributed by atoms with E-state index >= 15 is 0 Å². The molecule has 29 unspecified atom stereocenters. The fourth-order valence-corrected chi connectivity index (χ4v) is 13.7. The van der Waals surface area contributed by atoms with E-state index in [0.29, 0.717) is 26.0 Å². The summed E-state index contributed by atoms with van der Waals surface area (Å²) in [5.74, 6) is -3.36. The number of hydrogen-bond donors (Lipinski definition) is 12. The van der Waals surface area contributed by atoms with Gasteiger partial charge in [0, 0.05) is 54.2 Å². The zero-order valence-corrected chi connectivity index (χ0v) is 51.5. The van der Waals surface area contributed by atoms with Crippen LogP contribution in [0.25, 0.3) is 10.4 Å². The molecule has 516 valence electrons. The molecule has 0 saturated carbocycles. The monoisotopic (exact) mass is 1310 g/mol. The number of aliphatic hydroxyl groups excluding tert-OH is 11. The molecule has 12 N–H and O–H groups in total. The average Bonchev–Trinajstić information content (AvgIpc) is 1.22. The second-order valence-corrected chi connectivity index (χ2v) is 24.9. The third-order valence-electron chi connectivity index (χ3n) is 18.7. The summed E-state index contributed by atoms with van der Waals surface area (Å²) in [7, 11) is 0. The van der Waals surface area contributed by atoms with Crippen LogP contribution in [0.15, 0.2) is 65.8 Å². The summed E-state index contributed by atoms with van der Waals surface area (Å²) >= 11 is 0. The Morgan fingerprint density at radius 3 is 1.86 bits per heavy atom. The van der Waals surface area contributed by atoms with E-state index in [1.807, 2.05) is 67.6 Å². The van der Waals surface area contributed by atoms with Gasteiger partial charge in [-0.2, -0.15) is 0 Å². The fraction of sp³-hybridized carbons (Fsp3) is 0.787. The molecule has 0 bridgehead atoms. The number of carbonyl (C=O) groups is 1. The van der Waals surface area contributed by atoms with Crippen molar-refractivity contribution in [2.45, 2.75) is 226 Å². The van der Waals surface area contributed by atoms with Gasteiger partial charge >= 0.3 is 0 Å². The molecule has 8 aliphatic heterocycles. The first kappa shape index (κ1) is 71.0. The first-order chi connectivity index (χ1) is 44.4.